The number of carboxylic acid groups (broad SMARTS) is 4. The Balaban J connectivity index is 5.61. The lowest BCUT2D eigenvalue weighted by Crippen LogP contribution is -2.57. The smallest absolute Gasteiger partial charge is 0.326 e. The van der Waals surface area contributed by atoms with Crippen molar-refractivity contribution in [2.75, 3.05) is 0 Å². The summed E-state index contributed by atoms with van der Waals surface area (Å²) in [6.45, 7) is 3.42. The minimum Gasteiger partial charge on any atom is -0.481 e. The van der Waals surface area contributed by atoms with Gasteiger partial charge in [-0.05, 0) is 18.8 Å². The Hall–Kier alpha value is -3.75. The van der Waals surface area contributed by atoms with Gasteiger partial charge in [0.15, 0.2) is 0 Å². The second-order valence-corrected chi connectivity index (χ2v) is 7.89. The summed E-state index contributed by atoms with van der Waals surface area (Å²) >= 11 is 0. The van der Waals surface area contributed by atoms with E-state index in [9.17, 15) is 33.6 Å². The first-order chi connectivity index (χ1) is 15.6. The highest BCUT2D eigenvalue weighted by Gasteiger charge is 2.32. The molecule has 0 heterocycles. The predicted octanol–water partition coefficient (Wildman–Crippen LogP) is -2.29. The van der Waals surface area contributed by atoms with Crippen molar-refractivity contribution in [2.24, 2.45) is 11.7 Å². The summed E-state index contributed by atoms with van der Waals surface area (Å²) < 4.78 is 0. The highest BCUT2D eigenvalue weighted by atomic mass is 16.4. The molecule has 0 aliphatic heterocycles. The molecule has 0 rings (SSSR count). The quantitative estimate of drug-likeness (QED) is 0.114. The van der Waals surface area contributed by atoms with Gasteiger partial charge in [-0.25, -0.2) is 4.79 Å². The van der Waals surface area contributed by atoms with Crippen LogP contribution < -0.4 is 21.7 Å². The van der Waals surface area contributed by atoms with E-state index in [4.69, 9.17) is 26.2 Å². The average molecular weight is 490 g/mol. The van der Waals surface area contributed by atoms with Crippen LogP contribution in [-0.2, 0) is 33.6 Å². The fourth-order valence-electron chi connectivity index (χ4n) is 2.72. The van der Waals surface area contributed by atoms with Crippen molar-refractivity contribution in [1.29, 1.82) is 0 Å². The molecule has 15 nitrogen and oxygen atoms in total. The van der Waals surface area contributed by atoms with Gasteiger partial charge >= 0.3 is 23.9 Å². The number of hydrogen-bond acceptors (Lipinski definition) is 8. The number of hydrogen-bond donors (Lipinski definition) is 8. The first-order valence-electron chi connectivity index (χ1n) is 10.2. The van der Waals surface area contributed by atoms with Crippen LogP contribution in [0.25, 0.3) is 0 Å². The maximum absolute atomic E-state index is 12.8. The van der Waals surface area contributed by atoms with E-state index >= 15 is 0 Å². The Morgan fingerprint density at radius 3 is 1.59 bits per heavy atom. The molecule has 0 radical (unpaired) electrons. The summed E-state index contributed by atoms with van der Waals surface area (Å²) in [6, 6.07) is -6.15. The van der Waals surface area contributed by atoms with Crippen LogP contribution in [0.5, 0.6) is 0 Å². The van der Waals surface area contributed by atoms with Crippen molar-refractivity contribution >= 4 is 41.6 Å². The van der Waals surface area contributed by atoms with Crippen LogP contribution in [0.3, 0.4) is 0 Å². The van der Waals surface area contributed by atoms with Crippen LogP contribution in [-0.4, -0.2) is 86.2 Å². The number of rotatable bonds is 16. The van der Waals surface area contributed by atoms with E-state index in [-0.39, 0.29) is 12.3 Å². The van der Waals surface area contributed by atoms with Gasteiger partial charge in [-0.2, -0.15) is 0 Å². The maximum Gasteiger partial charge on any atom is 0.326 e. The summed E-state index contributed by atoms with van der Waals surface area (Å²) in [7, 11) is 0. The zero-order chi connectivity index (χ0) is 26.6. The number of carboxylic acids is 4. The SMILES string of the molecule is CC(C)CC(NC(=O)C(N)CC(=O)O)C(=O)NC(CCC(=O)O)C(=O)NC(CC(=O)O)C(=O)O. The monoisotopic (exact) mass is 490 g/mol. The standard InChI is InChI=1S/C19H30N4O11/c1-8(2)5-11(22-16(30)9(20)6-14(26)27)18(32)21-10(3-4-13(24)25)17(31)23-12(19(33)34)7-15(28)29/h8-12H,3-7,20H2,1-2H3,(H,21,32)(H,22,30)(H,23,31)(H,24,25)(H,26,27)(H,28,29)(H,33,34). The van der Waals surface area contributed by atoms with Gasteiger partial charge < -0.3 is 42.1 Å². The Morgan fingerprint density at radius 1 is 0.676 bits per heavy atom. The minimum atomic E-state index is -1.84. The zero-order valence-corrected chi connectivity index (χ0v) is 18.6. The number of carbonyl (C=O) groups is 7. The predicted molar refractivity (Wildman–Crippen MR) is 112 cm³/mol. The van der Waals surface area contributed by atoms with Crippen molar-refractivity contribution in [3.8, 4) is 0 Å². The molecule has 0 aromatic carbocycles. The van der Waals surface area contributed by atoms with Crippen molar-refractivity contribution in [3.05, 3.63) is 0 Å². The topological polar surface area (TPSA) is 263 Å². The van der Waals surface area contributed by atoms with Crippen molar-refractivity contribution < 1.29 is 54.0 Å². The number of carbonyl (C=O) groups excluding carboxylic acids is 3. The third-order valence-electron chi connectivity index (χ3n) is 4.34. The molecule has 0 spiro atoms. The fraction of sp³-hybridized carbons (Fsp3) is 0.632. The molecule has 9 N–H and O–H groups in total. The first kappa shape index (κ1) is 30.2. The third kappa shape index (κ3) is 12.3. The lowest BCUT2D eigenvalue weighted by atomic mass is 10.0. The van der Waals surface area contributed by atoms with Crippen LogP contribution in [0, 0.1) is 5.92 Å². The molecule has 3 amide bonds. The van der Waals surface area contributed by atoms with E-state index in [0.717, 1.165) is 0 Å². The van der Waals surface area contributed by atoms with E-state index in [1.54, 1.807) is 13.8 Å². The average Bonchev–Trinajstić information content (AvgIpc) is 2.68. The van der Waals surface area contributed by atoms with Crippen molar-refractivity contribution in [2.45, 2.75) is 70.1 Å². The van der Waals surface area contributed by atoms with Crippen LogP contribution in [0.4, 0.5) is 0 Å². The zero-order valence-electron chi connectivity index (χ0n) is 18.6. The van der Waals surface area contributed by atoms with Gasteiger partial charge in [0.25, 0.3) is 0 Å². The second-order valence-electron chi connectivity index (χ2n) is 7.89. The highest BCUT2D eigenvalue weighted by molar-refractivity contribution is 5.95. The number of nitrogens with one attached hydrogen (secondary N) is 3. The summed E-state index contributed by atoms with van der Waals surface area (Å²) in [4.78, 5) is 81.2. The molecule has 0 aromatic heterocycles. The lowest BCUT2D eigenvalue weighted by Gasteiger charge is -2.25. The maximum atomic E-state index is 12.8. The molecule has 0 bridgehead atoms. The number of nitrogens with two attached hydrogens (primary N) is 1. The van der Waals surface area contributed by atoms with Gasteiger partial charge in [-0.3, -0.25) is 28.8 Å². The molecule has 4 atom stereocenters. The first-order valence-corrected chi connectivity index (χ1v) is 10.2. The van der Waals surface area contributed by atoms with Gasteiger partial charge in [-0.1, -0.05) is 13.8 Å². The molecule has 192 valence electrons. The van der Waals surface area contributed by atoms with Gasteiger partial charge in [0.1, 0.15) is 18.1 Å². The number of amides is 3. The Morgan fingerprint density at radius 2 is 1.15 bits per heavy atom. The summed E-state index contributed by atoms with van der Waals surface area (Å²) in [5, 5.41) is 42.0. The van der Waals surface area contributed by atoms with Crippen LogP contribution in [0.15, 0.2) is 0 Å². The summed E-state index contributed by atoms with van der Waals surface area (Å²) in [5.74, 6) is -9.01. The molecule has 4 unspecified atom stereocenters. The highest BCUT2D eigenvalue weighted by Crippen LogP contribution is 2.08. The third-order valence-corrected chi connectivity index (χ3v) is 4.34. The molecule has 0 fully saturated rings. The van der Waals surface area contributed by atoms with Crippen LogP contribution >= 0.6 is 0 Å². The van der Waals surface area contributed by atoms with Gasteiger partial charge in [-0.15, -0.1) is 0 Å². The Bertz CT molecular complexity index is 799. The van der Waals surface area contributed by atoms with E-state index in [0.29, 0.717) is 0 Å². The van der Waals surface area contributed by atoms with Crippen LogP contribution in [0.1, 0.15) is 46.0 Å². The van der Waals surface area contributed by atoms with E-state index in [2.05, 4.69) is 10.6 Å². The molecule has 0 aliphatic rings. The largest absolute Gasteiger partial charge is 0.481 e. The molecule has 0 saturated heterocycles. The molecule has 0 aromatic rings. The summed E-state index contributed by atoms with van der Waals surface area (Å²) in [5.41, 5.74) is 5.49. The minimum absolute atomic E-state index is 0.0431. The van der Waals surface area contributed by atoms with Gasteiger partial charge in [0.2, 0.25) is 17.7 Å². The molecule has 15 heteroatoms. The molecule has 0 aliphatic carbocycles. The van der Waals surface area contributed by atoms with Crippen molar-refractivity contribution in [1.82, 2.24) is 16.0 Å². The molecular formula is C19H30N4O11. The Labute approximate surface area is 194 Å². The molecule has 34 heavy (non-hydrogen) atoms. The van der Waals surface area contributed by atoms with E-state index in [1.165, 1.54) is 0 Å². The fourth-order valence-corrected chi connectivity index (χ4v) is 2.72. The molecule has 0 saturated carbocycles. The summed E-state index contributed by atoms with van der Waals surface area (Å²) in [6.07, 6.45) is -2.69. The van der Waals surface area contributed by atoms with E-state index < -0.39 is 91.4 Å². The van der Waals surface area contributed by atoms with Crippen LogP contribution in [0.2, 0.25) is 0 Å². The lowest BCUT2D eigenvalue weighted by molar-refractivity contribution is -0.147. The van der Waals surface area contributed by atoms with Gasteiger partial charge in [0, 0.05) is 6.42 Å². The van der Waals surface area contributed by atoms with Gasteiger partial charge in [0.05, 0.1) is 18.9 Å². The Kier molecular flexibility index (Phi) is 12.8. The van der Waals surface area contributed by atoms with Crippen molar-refractivity contribution in [3.63, 3.8) is 0 Å². The number of aliphatic carboxylic acids is 4. The second kappa shape index (κ2) is 14.4. The van der Waals surface area contributed by atoms with E-state index in [1.807, 2.05) is 5.32 Å². The molecular weight excluding hydrogens is 460 g/mol. The normalized spacial score (nSPS) is 14.2.